The molecule has 2 heterocycles. The van der Waals surface area contributed by atoms with Crippen LogP contribution >= 0.6 is 0 Å². The Hall–Kier alpha value is -2.82. The van der Waals surface area contributed by atoms with Gasteiger partial charge in [-0.1, -0.05) is 12.1 Å². The first-order valence-corrected chi connectivity index (χ1v) is 7.74. The number of aromatic nitrogens is 2. The molecule has 2 N–H and O–H groups in total. The zero-order chi connectivity index (χ0) is 17.6. The molecule has 5 nitrogen and oxygen atoms in total. The molecule has 0 spiro atoms. The summed E-state index contributed by atoms with van der Waals surface area (Å²) >= 11 is 0. The SMILES string of the molecule is CC(C)(C)OC=O.Nc1ccc2ccn(Cc3cccnc3)c2c1. The van der Waals surface area contributed by atoms with E-state index in [4.69, 9.17) is 5.73 Å². The van der Waals surface area contributed by atoms with Crippen LogP contribution in [0, 0.1) is 0 Å². The summed E-state index contributed by atoms with van der Waals surface area (Å²) in [5.41, 5.74) is 8.65. The Kier molecular flexibility index (Phi) is 5.58. The number of pyridine rings is 1. The van der Waals surface area contributed by atoms with Crippen LogP contribution in [0.4, 0.5) is 5.69 Å². The number of carbonyl (C=O) groups is 1. The van der Waals surface area contributed by atoms with Crippen LogP contribution in [0.1, 0.15) is 26.3 Å². The molecule has 3 rings (SSSR count). The van der Waals surface area contributed by atoms with Crippen LogP contribution in [0.5, 0.6) is 0 Å². The molecule has 0 aliphatic heterocycles. The third-order valence-electron chi connectivity index (χ3n) is 3.28. The van der Waals surface area contributed by atoms with Crippen molar-refractivity contribution in [2.45, 2.75) is 32.9 Å². The minimum atomic E-state index is -0.318. The van der Waals surface area contributed by atoms with Crippen molar-refractivity contribution >= 4 is 23.1 Å². The van der Waals surface area contributed by atoms with Crippen LogP contribution < -0.4 is 5.73 Å². The smallest absolute Gasteiger partial charge is 0.293 e. The van der Waals surface area contributed by atoms with Crippen LogP contribution in [-0.4, -0.2) is 21.6 Å². The third kappa shape index (κ3) is 5.12. The maximum Gasteiger partial charge on any atom is 0.293 e. The fourth-order valence-electron chi connectivity index (χ4n) is 2.17. The highest BCUT2D eigenvalue weighted by Gasteiger charge is 2.07. The first kappa shape index (κ1) is 17.5. The zero-order valence-corrected chi connectivity index (χ0v) is 14.3. The van der Waals surface area contributed by atoms with E-state index in [0.29, 0.717) is 6.47 Å². The second-order valence-electron chi connectivity index (χ2n) is 6.45. The molecule has 0 bridgehead atoms. The van der Waals surface area contributed by atoms with Gasteiger partial charge in [0.15, 0.2) is 0 Å². The van der Waals surface area contributed by atoms with Gasteiger partial charge in [-0.2, -0.15) is 0 Å². The van der Waals surface area contributed by atoms with E-state index >= 15 is 0 Å². The maximum atomic E-state index is 9.60. The van der Waals surface area contributed by atoms with Gasteiger partial charge in [-0.15, -0.1) is 0 Å². The van der Waals surface area contributed by atoms with Crippen molar-refractivity contribution in [2.24, 2.45) is 0 Å². The lowest BCUT2D eigenvalue weighted by atomic mass is 10.2. The quantitative estimate of drug-likeness (QED) is 0.590. The summed E-state index contributed by atoms with van der Waals surface area (Å²) in [7, 11) is 0. The Morgan fingerprint density at radius 1 is 1.25 bits per heavy atom. The third-order valence-corrected chi connectivity index (χ3v) is 3.28. The molecule has 0 unspecified atom stereocenters. The minimum absolute atomic E-state index is 0.318. The van der Waals surface area contributed by atoms with Crippen molar-refractivity contribution in [3.05, 3.63) is 60.6 Å². The molecule has 126 valence electrons. The summed E-state index contributed by atoms with van der Waals surface area (Å²) in [5.74, 6) is 0. The molecule has 0 aliphatic carbocycles. The molecule has 0 aliphatic rings. The van der Waals surface area contributed by atoms with Crippen LogP contribution in [0.15, 0.2) is 55.0 Å². The van der Waals surface area contributed by atoms with Crippen LogP contribution in [0.2, 0.25) is 0 Å². The Balaban J connectivity index is 0.000000256. The summed E-state index contributed by atoms with van der Waals surface area (Å²) in [6.07, 6.45) is 5.75. The topological polar surface area (TPSA) is 70.1 Å². The van der Waals surface area contributed by atoms with Gasteiger partial charge >= 0.3 is 0 Å². The van der Waals surface area contributed by atoms with Gasteiger partial charge in [0.2, 0.25) is 0 Å². The van der Waals surface area contributed by atoms with Crippen molar-refractivity contribution in [3.63, 3.8) is 0 Å². The molecule has 2 aromatic heterocycles. The summed E-state index contributed by atoms with van der Waals surface area (Å²) in [6.45, 7) is 6.74. The number of rotatable bonds is 3. The lowest BCUT2D eigenvalue weighted by Crippen LogP contribution is -2.17. The Morgan fingerprint density at radius 2 is 2.04 bits per heavy atom. The van der Waals surface area contributed by atoms with Crippen molar-refractivity contribution in [3.8, 4) is 0 Å². The standard InChI is InChI=1S/C14H13N3.C5H10O2/c15-13-4-3-12-5-7-17(14(12)8-13)10-11-2-1-6-16-9-11;1-5(2,3)7-4-6/h1-9H,10,15H2;4H,1-3H3. The number of nitrogens with two attached hydrogens (primary N) is 1. The molecule has 1 aromatic carbocycles. The number of ether oxygens (including phenoxy) is 1. The Bertz CT molecular complexity index is 789. The summed E-state index contributed by atoms with van der Waals surface area (Å²) in [5, 5.41) is 1.21. The lowest BCUT2D eigenvalue weighted by Gasteiger charge is -2.14. The van der Waals surface area contributed by atoms with Crippen LogP contribution in [0.3, 0.4) is 0 Å². The first-order chi connectivity index (χ1) is 11.4. The lowest BCUT2D eigenvalue weighted by molar-refractivity contribution is -0.138. The molecular weight excluding hydrogens is 302 g/mol. The normalized spacial score (nSPS) is 10.8. The summed E-state index contributed by atoms with van der Waals surface area (Å²) < 4.78 is 6.73. The second-order valence-corrected chi connectivity index (χ2v) is 6.45. The summed E-state index contributed by atoms with van der Waals surface area (Å²) in [6, 6.07) is 12.1. The predicted molar refractivity (Wildman–Crippen MR) is 96.6 cm³/mol. The van der Waals surface area contributed by atoms with E-state index in [0.717, 1.165) is 17.7 Å². The van der Waals surface area contributed by atoms with Crippen LogP contribution in [0.25, 0.3) is 10.9 Å². The molecular formula is C19H23N3O2. The Labute approximate surface area is 142 Å². The number of hydrogen-bond donors (Lipinski definition) is 1. The van der Waals surface area contributed by atoms with Crippen LogP contribution in [-0.2, 0) is 16.1 Å². The number of anilines is 1. The number of nitrogens with zero attached hydrogens (tertiary/aromatic N) is 2. The molecule has 0 saturated heterocycles. The van der Waals surface area contributed by atoms with Gasteiger partial charge in [0.1, 0.15) is 5.60 Å². The van der Waals surface area contributed by atoms with Gasteiger partial charge in [-0.25, -0.2) is 0 Å². The molecule has 0 fully saturated rings. The van der Waals surface area contributed by atoms with Crippen molar-refractivity contribution in [1.82, 2.24) is 9.55 Å². The van der Waals surface area contributed by atoms with E-state index in [-0.39, 0.29) is 5.60 Å². The molecule has 24 heavy (non-hydrogen) atoms. The number of nitrogen functional groups attached to an aromatic ring is 1. The van der Waals surface area contributed by atoms with E-state index < -0.39 is 0 Å². The maximum absolute atomic E-state index is 9.60. The fourth-order valence-corrected chi connectivity index (χ4v) is 2.17. The highest BCUT2D eigenvalue weighted by molar-refractivity contribution is 5.83. The number of benzene rings is 1. The van der Waals surface area contributed by atoms with Gasteiger partial charge in [-0.05, 0) is 56.0 Å². The van der Waals surface area contributed by atoms with Crippen molar-refractivity contribution in [2.75, 3.05) is 5.73 Å². The second kappa shape index (κ2) is 7.64. The fraction of sp³-hybridized carbons (Fsp3) is 0.263. The van der Waals surface area contributed by atoms with E-state index in [1.165, 1.54) is 10.9 Å². The van der Waals surface area contributed by atoms with E-state index in [1.54, 1.807) is 6.20 Å². The highest BCUT2D eigenvalue weighted by atomic mass is 16.5. The van der Waals surface area contributed by atoms with Gasteiger partial charge in [-0.3, -0.25) is 9.78 Å². The van der Waals surface area contributed by atoms with Gasteiger partial charge in [0, 0.05) is 30.8 Å². The van der Waals surface area contributed by atoms with Crippen molar-refractivity contribution in [1.29, 1.82) is 0 Å². The number of hydrogen-bond acceptors (Lipinski definition) is 4. The average Bonchev–Trinajstić information content (AvgIpc) is 2.90. The largest absolute Gasteiger partial charge is 0.462 e. The molecule has 0 radical (unpaired) electrons. The summed E-state index contributed by atoms with van der Waals surface area (Å²) in [4.78, 5) is 13.7. The highest BCUT2D eigenvalue weighted by Crippen LogP contribution is 2.19. The van der Waals surface area contributed by atoms with Crippen molar-refractivity contribution < 1.29 is 9.53 Å². The molecule has 0 saturated carbocycles. The molecule has 0 amide bonds. The monoisotopic (exact) mass is 325 g/mol. The molecule has 5 heteroatoms. The number of carbonyl (C=O) groups excluding carboxylic acids is 1. The number of fused-ring (bicyclic) bond motifs is 1. The van der Waals surface area contributed by atoms with E-state index in [2.05, 4.69) is 32.6 Å². The first-order valence-electron chi connectivity index (χ1n) is 7.74. The average molecular weight is 325 g/mol. The minimum Gasteiger partial charge on any atom is -0.462 e. The van der Waals surface area contributed by atoms with Gasteiger partial charge in [0.25, 0.3) is 6.47 Å². The molecule has 3 aromatic rings. The van der Waals surface area contributed by atoms with Gasteiger partial charge < -0.3 is 15.0 Å². The Morgan fingerprint density at radius 3 is 2.62 bits per heavy atom. The zero-order valence-electron chi connectivity index (χ0n) is 14.3. The van der Waals surface area contributed by atoms with E-state index in [1.807, 2.05) is 51.2 Å². The predicted octanol–water partition coefficient (Wildman–Crippen LogP) is 3.62. The van der Waals surface area contributed by atoms with Gasteiger partial charge in [0.05, 0.1) is 5.52 Å². The molecule has 0 atom stereocenters. The van der Waals surface area contributed by atoms with E-state index in [9.17, 15) is 4.79 Å².